The maximum Gasteiger partial charge on any atom is 0.326 e. The minimum absolute atomic E-state index is 0.0421. The number of aliphatic carboxylic acids is 3. The number of rotatable bonds is 30. The predicted molar refractivity (Wildman–Crippen MR) is 210 cm³/mol. The molecule has 0 fully saturated rings. The molecule has 0 heterocycles. The Morgan fingerprint density at radius 2 is 1.21 bits per heavy atom. The second-order valence-electron chi connectivity index (χ2n) is 14.3. The number of carbonyl (C=O) groups excluding carboxylic acids is 6. The van der Waals surface area contributed by atoms with E-state index in [1.54, 1.807) is 0 Å². The first-order valence-corrected chi connectivity index (χ1v) is 20.7. The summed E-state index contributed by atoms with van der Waals surface area (Å²) in [6.45, 7) is 6.68. The summed E-state index contributed by atoms with van der Waals surface area (Å²) >= 11 is 2.12. The molecule has 0 radical (unpaired) electrons. The third kappa shape index (κ3) is 24.5. The zero-order chi connectivity index (χ0) is 44.9. The monoisotopic (exact) mass is 966 g/mol. The number of hydrogen-bond donors (Lipinski definition) is 10. The first-order chi connectivity index (χ1) is 26.7. The normalized spacial score (nSPS) is 13.8. The highest BCUT2D eigenvalue weighted by Gasteiger charge is 2.41. The molecule has 4 unspecified atom stereocenters. The first kappa shape index (κ1) is 53.8. The van der Waals surface area contributed by atoms with E-state index in [1.807, 2.05) is 12.2 Å². The van der Waals surface area contributed by atoms with Gasteiger partial charge in [0.2, 0.25) is 35.4 Å². The molecule has 0 aliphatic carbocycles. The smallest absolute Gasteiger partial charge is 0.326 e. The molecule has 10 N–H and O–H groups in total. The molecule has 4 atom stereocenters. The number of amides is 6. The maximum absolute atomic E-state index is 13.0. The largest absolute Gasteiger partial charge is 0.481 e. The minimum atomic E-state index is -4.89. The van der Waals surface area contributed by atoms with Gasteiger partial charge in [-0.2, -0.15) is 8.42 Å². The Balaban J connectivity index is 4.70. The summed E-state index contributed by atoms with van der Waals surface area (Å²) in [5.41, 5.74) is -2.85. The number of halogens is 1. The van der Waals surface area contributed by atoms with E-state index in [9.17, 15) is 71.4 Å². The van der Waals surface area contributed by atoms with Crippen LogP contribution in [0.5, 0.6) is 0 Å². The maximum atomic E-state index is 13.0. The van der Waals surface area contributed by atoms with E-state index in [0.717, 1.165) is 0 Å². The number of nitrogens with one attached hydrogen (secondary N) is 6. The molecular formula is C33H55IN6O17S. The van der Waals surface area contributed by atoms with Crippen molar-refractivity contribution in [3.63, 3.8) is 0 Å². The Hall–Kier alpha value is -4.21. The first-order valence-electron chi connectivity index (χ1n) is 17.8. The summed E-state index contributed by atoms with van der Waals surface area (Å²) in [5.74, 6) is -10.2. The van der Waals surface area contributed by atoms with Crippen molar-refractivity contribution in [2.45, 2.75) is 88.8 Å². The van der Waals surface area contributed by atoms with Gasteiger partial charge in [-0.25, -0.2) is 9.59 Å². The molecule has 0 spiro atoms. The molecule has 0 aliphatic heterocycles. The number of alkyl halides is 1. The Bertz CT molecular complexity index is 1570. The van der Waals surface area contributed by atoms with Gasteiger partial charge in [-0.3, -0.25) is 38.1 Å². The summed E-state index contributed by atoms with van der Waals surface area (Å²) in [6, 6.07) is -5.10. The second kappa shape index (κ2) is 26.0. The van der Waals surface area contributed by atoms with Crippen LogP contribution >= 0.6 is 22.6 Å². The van der Waals surface area contributed by atoms with E-state index in [1.165, 1.54) is 27.7 Å². The van der Waals surface area contributed by atoms with Gasteiger partial charge in [0, 0.05) is 35.3 Å². The molecule has 25 heteroatoms. The zero-order valence-corrected chi connectivity index (χ0v) is 35.9. The van der Waals surface area contributed by atoms with Gasteiger partial charge in [-0.1, -0.05) is 43.4 Å². The van der Waals surface area contributed by atoms with Crippen LogP contribution in [0.15, 0.2) is 0 Å². The number of carboxylic acids is 3. The van der Waals surface area contributed by atoms with Crippen LogP contribution in [-0.4, -0.2) is 156 Å². The fourth-order valence-electron chi connectivity index (χ4n) is 4.90. The molecule has 0 aromatic rings. The second-order valence-corrected chi connectivity index (χ2v) is 18.0. The van der Waals surface area contributed by atoms with E-state index in [-0.39, 0.29) is 56.1 Å². The molecular weight excluding hydrogens is 911 g/mol. The van der Waals surface area contributed by atoms with Crippen molar-refractivity contribution < 1.29 is 80.9 Å². The highest BCUT2D eigenvalue weighted by atomic mass is 127. The van der Waals surface area contributed by atoms with Crippen molar-refractivity contribution in [3.05, 3.63) is 0 Å². The van der Waals surface area contributed by atoms with Crippen LogP contribution in [0, 0.1) is 10.8 Å². The molecule has 0 saturated heterocycles. The van der Waals surface area contributed by atoms with Gasteiger partial charge in [0.15, 0.2) is 0 Å². The summed E-state index contributed by atoms with van der Waals surface area (Å²) in [5, 5.41) is 42.2. The molecule has 0 aromatic heterocycles. The van der Waals surface area contributed by atoms with Gasteiger partial charge in [0.05, 0.1) is 31.8 Å². The Kier molecular flexibility index (Phi) is 24.1. The summed E-state index contributed by atoms with van der Waals surface area (Å²) in [7, 11) is -4.89. The van der Waals surface area contributed by atoms with Crippen LogP contribution in [0.2, 0.25) is 0 Å². The van der Waals surface area contributed by atoms with E-state index in [2.05, 4.69) is 49.2 Å². The third-order valence-electron chi connectivity index (χ3n) is 7.85. The molecule has 332 valence electrons. The van der Waals surface area contributed by atoms with Crippen LogP contribution in [-0.2, 0) is 62.7 Å². The van der Waals surface area contributed by atoms with Gasteiger partial charge in [-0.05, 0) is 33.1 Å². The summed E-state index contributed by atoms with van der Waals surface area (Å²) in [4.78, 5) is 109. The lowest BCUT2D eigenvalue weighted by Gasteiger charge is -2.32. The third-order valence-corrected chi connectivity index (χ3v) is 9.04. The van der Waals surface area contributed by atoms with Crippen LogP contribution in [0.1, 0.15) is 66.7 Å². The number of carboxylic acid groups (broad SMARTS) is 3. The molecule has 0 aliphatic rings. The van der Waals surface area contributed by atoms with Crippen LogP contribution in [0.3, 0.4) is 0 Å². The Morgan fingerprint density at radius 3 is 1.72 bits per heavy atom. The molecule has 0 aromatic carbocycles. The fraction of sp³-hybridized carbons (Fsp3) is 0.727. The number of ether oxygens (including phenoxy) is 2. The zero-order valence-electron chi connectivity index (χ0n) is 32.9. The molecule has 6 amide bonds. The summed E-state index contributed by atoms with van der Waals surface area (Å²) in [6.07, 6.45) is -1.65. The van der Waals surface area contributed by atoms with Crippen molar-refractivity contribution >= 4 is 86.1 Å². The van der Waals surface area contributed by atoms with Crippen LogP contribution in [0.4, 0.5) is 0 Å². The molecule has 0 bridgehead atoms. The Labute approximate surface area is 349 Å². The van der Waals surface area contributed by atoms with Crippen molar-refractivity contribution in [3.8, 4) is 0 Å². The van der Waals surface area contributed by atoms with Crippen molar-refractivity contribution in [1.82, 2.24) is 31.9 Å². The van der Waals surface area contributed by atoms with Gasteiger partial charge >= 0.3 is 17.9 Å². The van der Waals surface area contributed by atoms with E-state index in [0.29, 0.717) is 6.54 Å². The van der Waals surface area contributed by atoms with Crippen molar-refractivity contribution in [2.24, 2.45) is 10.8 Å². The molecule has 0 rings (SSSR count). The van der Waals surface area contributed by atoms with E-state index in [4.69, 9.17) is 9.47 Å². The van der Waals surface area contributed by atoms with Crippen LogP contribution < -0.4 is 31.9 Å². The quantitative estimate of drug-likeness (QED) is 0.0158. The number of hydrogen-bond acceptors (Lipinski definition) is 13. The van der Waals surface area contributed by atoms with Crippen molar-refractivity contribution in [2.75, 3.05) is 51.8 Å². The predicted octanol–water partition coefficient (Wildman–Crippen LogP) is -2.21. The van der Waals surface area contributed by atoms with E-state index < -0.39 is 118 Å². The average Bonchev–Trinajstić information content (AvgIpc) is 3.09. The highest BCUT2D eigenvalue weighted by molar-refractivity contribution is 14.1. The minimum Gasteiger partial charge on any atom is -0.481 e. The molecule has 23 nitrogen and oxygen atoms in total. The molecule has 58 heavy (non-hydrogen) atoms. The Morgan fingerprint density at radius 1 is 0.672 bits per heavy atom. The highest BCUT2D eigenvalue weighted by Crippen LogP contribution is 2.34. The lowest BCUT2D eigenvalue weighted by atomic mass is 9.74. The van der Waals surface area contributed by atoms with Crippen molar-refractivity contribution in [1.29, 1.82) is 0 Å². The summed E-state index contributed by atoms with van der Waals surface area (Å²) < 4.78 is 43.2. The average molecular weight is 967 g/mol. The van der Waals surface area contributed by atoms with Gasteiger partial charge in [0.1, 0.15) is 30.5 Å². The van der Waals surface area contributed by atoms with Crippen LogP contribution in [0.25, 0.3) is 0 Å². The van der Waals surface area contributed by atoms with E-state index >= 15 is 0 Å². The van der Waals surface area contributed by atoms with Gasteiger partial charge < -0.3 is 56.7 Å². The lowest BCUT2D eigenvalue weighted by molar-refractivity contribution is -0.150. The van der Waals surface area contributed by atoms with Gasteiger partial charge in [-0.15, -0.1) is 0 Å². The standard InChI is InChI=1S/C33H55IN6O17S/c1-19(34)14-36-25(43)15-37-24(42)9-6-20(28(46)47)38-26(44)16-57-13-12-56-11-10-35-23(41)8-7-21(29(48)49)39-27(45)22(17-58(53,54)55)40-30(50)32(2,3)18-33(4,5)31(51)52/h19-22H,6-18H2,1-5H3,(H,35,41)(H,36,43)(H,37,42)(H,38,44)(H,39,45)(H,40,50)(H,46,47)(H,48,49)(H,51,52)(H,53,54,55). The lowest BCUT2D eigenvalue weighted by Crippen LogP contribution is -2.56. The van der Waals surface area contributed by atoms with Gasteiger partial charge in [0.25, 0.3) is 10.1 Å². The topological polar surface area (TPSA) is 359 Å². The number of carbonyl (C=O) groups is 9. The molecule has 0 saturated carbocycles. The SMILES string of the molecule is CC(I)CNC(=O)CNC(=O)CCC(NC(=O)COCCOCCNC(=O)CCC(NC(=O)C(CS(=O)(=O)O)NC(=O)C(C)(C)CC(C)(C)C(=O)O)C(=O)O)C(=O)O. The fourth-order valence-corrected chi connectivity index (χ4v) is 5.78.